The van der Waals surface area contributed by atoms with Crippen molar-refractivity contribution >= 4 is 39.9 Å². The molecule has 31 heavy (non-hydrogen) atoms. The number of amides is 2. The normalized spacial score (nSPS) is 13.4. The van der Waals surface area contributed by atoms with Crippen molar-refractivity contribution in [2.24, 2.45) is 5.92 Å². The van der Waals surface area contributed by atoms with E-state index in [4.69, 9.17) is 16.0 Å². The molecule has 0 radical (unpaired) electrons. The first kappa shape index (κ1) is 21.5. The van der Waals surface area contributed by atoms with E-state index in [0.717, 1.165) is 18.4 Å². The Hall–Kier alpha value is -2.78. The van der Waals surface area contributed by atoms with Gasteiger partial charge in [-0.2, -0.15) is 0 Å². The van der Waals surface area contributed by atoms with E-state index in [1.165, 1.54) is 11.3 Å². The molecule has 2 heterocycles. The van der Waals surface area contributed by atoms with Crippen molar-refractivity contribution in [3.8, 4) is 11.5 Å². The van der Waals surface area contributed by atoms with Crippen LogP contribution < -0.4 is 5.32 Å². The Morgan fingerprint density at radius 3 is 2.68 bits per heavy atom. The summed E-state index contributed by atoms with van der Waals surface area (Å²) in [6.07, 6.45) is 1.99. The van der Waals surface area contributed by atoms with Crippen molar-refractivity contribution in [3.05, 3.63) is 46.3 Å². The third kappa shape index (κ3) is 5.48. The monoisotopic (exact) mass is 459 g/mol. The van der Waals surface area contributed by atoms with Crippen LogP contribution in [0.25, 0.3) is 11.5 Å². The van der Waals surface area contributed by atoms with E-state index in [-0.39, 0.29) is 36.7 Å². The number of nitrogens with one attached hydrogen (secondary N) is 1. The van der Waals surface area contributed by atoms with Crippen LogP contribution >= 0.6 is 22.9 Å². The minimum Gasteiger partial charge on any atom is -0.419 e. The summed E-state index contributed by atoms with van der Waals surface area (Å²) >= 11 is 7.24. The zero-order chi connectivity index (χ0) is 22.0. The molecule has 2 amide bonds. The molecule has 0 aliphatic heterocycles. The number of carbonyl (C=O) groups excluding carboxylic acids is 2. The first-order valence-electron chi connectivity index (χ1n) is 10.0. The van der Waals surface area contributed by atoms with Crippen LogP contribution in [0.3, 0.4) is 0 Å². The van der Waals surface area contributed by atoms with Crippen molar-refractivity contribution in [1.82, 2.24) is 20.1 Å². The fraction of sp³-hybridized carbons (Fsp3) is 0.381. The summed E-state index contributed by atoms with van der Waals surface area (Å²) in [6.45, 7) is 4.06. The third-order valence-electron chi connectivity index (χ3n) is 4.87. The van der Waals surface area contributed by atoms with Gasteiger partial charge in [-0.3, -0.25) is 9.59 Å². The van der Waals surface area contributed by atoms with Crippen LogP contribution in [0, 0.1) is 5.92 Å². The second-order valence-corrected chi connectivity index (χ2v) is 9.00. The molecule has 0 spiro atoms. The molecule has 2 aromatic heterocycles. The van der Waals surface area contributed by atoms with E-state index < -0.39 is 0 Å². The van der Waals surface area contributed by atoms with Crippen molar-refractivity contribution < 1.29 is 14.0 Å². The van der Waals surface area contributed by atoms with E-state index in [9.17, 15) is 9.59 Å². The van der Waals surface area contributed by atoms with Gasteiger partial charge >= 0.3 is 0 Å². The molecule has 1 aromatic carbocycles. The SMILES string of the molecule is CC(C)N(Cc1nnc(-c2ccc(Cl)cc2)o1)C(=O)Cc1csc(NC(=O)C2CC2)n1. The van der Waals surface area contributed by atoms with E-state index in [0.29, 0.717) is 27.6 Å². The molecular formula is C21H22ClN5O3S. The van der Waals surface area contributed by atoms with Gasteiger partial charge in [0.15, 0.2) is 5.13 Å². The third-order valence-corrected chi connectivity index (χ3v) is 5.93. The second kappa shape index (κ2) is 9.15. The highest BCUT2D eigenvalue weighted by Gasteiger charge is 2.30. The molecule has 0 unspecified atom stereocenters. The average molecular weight is 460 g/mol. The van der Waals surface area contributed by atoms with Gasteiger partial charge < -0.3 is 14.6 Å². The van der Waals surface area contributed by atoms with Gasteiger partial charge in [0.2, 0.25) is 23.6 Å². The predicted molar refractivity (Wildman–Crippen MR) is 118 cm³/mol. The first-order chi connectivity index (χ1) is 14.9. The van der Waals surface area contributed by atoms with Gasteiger partial charge in [-0.15, -0.1) is 21.5 Å². The molecule has 1 saturated carbocycles. The van der Waals surface area contributed by atoms with E-state index in [1.54, 1.807) is 34.5 Å². The van der Waals surface area contributed by atoms with Gasteiger partial charge in [-0.05, 0) is 51.0 Å². The number of anilines is 1. The Bertz CT molecular complexity index is 1070. The van der Waals surface area contributed by atoms with Crippen LogP contribution in [-0.2, 0) is 22.6 Å². The van der Waals surface area contributed by atoms with Crippen LogP contribution in [0.15, 0.2) is 34.1 Å². The maximum Gasteiger partial charge on any atom is 0.247 e. The molecule has 4 rings (SSSR count). The molecule has 1 N–H and O–H groups in total. The molecule has 3 aromatic rings. The fourth-order valence-electron chi connectivity index (χ4n) is 2.99. The molecule has 162 valence electrons. The Morgan fingerprint density at radius 2 is 2.00 bits per heavy atom. The largest absolute Gasteiger partial charge is 0.419 e. The summed E-state index contributed by atoms with van der Waals surface area (Å²) in [4.78, 5) is 30.8. The number of aromatic nitrogens is 3. The van der Waals surface area contributed by atoms with E-state index >= 15 is 0 Å². The number of halogens is 1. The lowest BCUT2D eigenvalue weighted by Gasteiger charge is -2.24. The lowest BCUT2D eigenvalue weighted by molar-refractivity contribution is -0.133. The predicted octanol–water partition coefficient (Wildman–Crippen LogP) is 4.17. The van der Waals surface area contributed by atoms with E-state index in [2.05, 4.69) is 20.5 Å². The van der Waals surface area contributed by atoms with Crippen molar-refractivity contribution in [2.45, 2.75) is 45.7 Å². The Kier molecular flexibility index (Phi) is 6.33. The molecular weight excluding hydrogens is 438 g/mol. The summed E-state index contributed by atoms with van der Waals surface area (Å²) < 4.78 is 5.75. The number of hydrogen-bond acceptors (Lipinski definition) is 7. The quantitative estimate of drug-likeness (QED) is 0.542. The molecule has 8 nitrogen and oxygen atoms in total. The number of thiazole rings is 1. The van der Waals surface area contributed by atoms with Gasteiger partial charge in [-0.1, -0.05) is 11.6 Å². The van der Waals surface area contributed by atoms with Crippen molar-refractivity contribution in [1.29, 1.82) is 0 Å². The molecule has 0 bridgehead atoms. The minimum absolute atomic E-state index is 0.00363. The lowest BCUT2D eigenvalue weighted by atomic mass is 10.2. The average Bonchev–Trinajstić information content (AvgIpc) is 3.34. The van der Waals surface area contributed by atoms with Crippen molar-refractivity contribution in [3.63, 3.8) is 0 Å². The number of hydrogen-bond donors (Lipinski definition) is 1. The maximum atomic E-state index is 12.9. The number of rotatable bonds is 8. The summed E-state index contributed by atoms with van der Waals surface area (Å²) in [5, 5.41) is 13.9. The van der Waals surface area contributed by atoms with Crippen LogP contribution in [0.1, 0.15) is 38.3 Å². The van der Waals surface area contributed by atoms with E-state index in [1.807, 2.05) is 13.8 Å². The van der Waals surface area contributed by atoms with Crippen LogP contribution in [0.2, 0.25) is 5.02 Å². The number of carbonyl (C=O) groups is 2. The van der Waals surface area contributed by atoms with Gasteiger partial charge in [0.25, 0.3) is 0 Å². The maximum absolute atomic E-state index is 12.9. The summed E-state index contributed by atoms with van der Waals surface area (Å²) in [5.41, 5.74) is 1.38. The van der Waals surface area contributed by atoms with Crippen LogP contribution in [0.5, 0.6) is 0 Å². The number of benzene rings is 1. The molecule has 0 saturated heterocycles. The lowest BCUT2D eigenvalue weighted by Crippen LogP contribution is -2.37. The molecule has 1 aliphatic carbocycles. The molecule has 1 aliphatic rings. The number of nitrogens with zero attached hydrogens (tertiary/aromatic N) is 4. The topological polar surface area (TPSA) is 101 Å². The van der Waals surface area contributed by atoms with Gasteiger partial charge in [-0.25, -0.2) is 4.98 Å². The summed E-state index contributed by atoms with van der Waals surface area (Å²) in [7, 11) is 0. The Balaban J connectivity index is 1.39. The summed E-state index contributed by atoms with van der Waals surface area (Å²) in [5.74, 6) is 0.731. The first-order valence-corrected chi connectivity index (χ1v) is 11.3. The van der Waals surface area contributed by atoms with Crippen molar-refractivity contribution in [2.75, 3.05) is 5.32 Å². The van der Waals surface area contributed by atoms with Gasteiger partial charge in [0, 0.05) is 27.9 Å². The van der Waals surface area contributed by atoms with Crippen LogP contribution in [-0.4, -0.2) is 37.9 Å². The Labute approximate surface area is 188 Å². The highest BCUT2D eigenvalue weighted by Crippen LogP contribution is 2.30. The molecule has 0 atom stereocenters. The highest BCUT2D eigenvalue weighted by atomic mass is 35.5. The van der Waals surface area contributed by atoms with Gasteiger partial charge in [0.1, 0.15) is 0 Å². The fourth-order valence-corrected chi connectivity index (χ4v) is 3.83. The highest BCUT2D eigenvalue weighted by molar-refractivity contribution is 7.13. The zero-order valence-electron chi connectivity index (χ0n) is 17.2. The zero-order valence-corrected chi connectivity index (χ0v) is 18.7. The minimum atomic E-state index is -0.105. The molecule has 10 heteroatoms. The van der Waals surface area contributed by atoms with Crippen LogP contribution in [0.4, 0.5) is 5.13 Å². The smallest absolute Gasteiger partial charge is 0.247 e. The Morgan fingerprint density at radius 1 is 1.26 bits per heavy atom. The standard InChI is InChI=1S/C21H22ClN5O3S/c1-12(2)27(10-17-25-26-20(30-17)14-5-7-15(22)8-6-14)18(28)9-16-11-31-21(23-16)24-19(29)13-3-4-13/h5-8,11-13H,3-4,9-10H2,1-2H3,(H,23,24,29). The molecule has 1 fully saturated rings. The second-order valence-electron chi connectivity index (χ2n) is 7.71. The van der Waals surface area contributed by atoms with Gasteiger partial charge in [0.05, 0.1) is 18.7 Å². The summed E-state index contributed by atoms with van der Waals surface area (Å²) in [6, 6.07) is 7.03.